The molecule has 0 aromatic heterocycles. The summed E-state index contributed by atoms with van der Waals surface area (Å²) in [4.78, 5) is 27.0. The van der Waals surface area contributed by atoms with E-state index in [-0.39, 0.29) is 18.2 Å². The summed E-state index contributed by atoms with van der Waals surface area (Å²) in [5.74, 6) is 0.534. The third kappa shape index (κ3) is 5.84. The fourth-order valence-corrected chi connectivity index (χ4v) is 2.93. The lowest BCUT2D eigenvalue weighted by Gasteiger charge is -2.29. The predicted octanol–water partition coefficient (Wildman–Crippen LogP) is 3.10. The molecule has 5 heteroatoms. The lowest BCUT2D eigenvalue weighted by molar-refractivity contribution is -0.140. The number of nitrogens with one attached hydrogen (secondary N) is 1. The molecule has 144 valence electrons. The lowest BCUT2D eigenvalue weighted by Crippen LogP contribution is -2.48. The average molecular weight is 368 g/mol. The molecule has 5 nitrogen and oxygen atoms in total. The number of hydrogen-bond donors (Lipinski definition) is 1. The number of aryl methyl sites for hydroxylation is 1. The molecule has 0 radical (unpaired) electrons. The molecule has 2 rings (SSSR count). The van der Waals surface area contributed by atoms with E-state index in [9.17, 15) is 9.59 Å². The Morgan fingerprint density at radius 1 is 1.11 bits per heavy atom. The van der Waals surface area contributed by atoms with Gasteiger partial charge in [0.05, 0.1) is 13.5 Å². The van der Waals surface area contributed by atoms with Gasteiger partial charge in [0.15, 0.2) is 0 Å². The van der Waals surface area contributed by atoms with Crippen molar-refractivity contribution in [1.82, 2.24) is 10.2 Å². The standard InChI is InChI=1S/C22H28N2O3/c1-5-23-22(26)17(3)24(15-18-9-11-20(27-4)12-10-18)21(25)14-19-8-6-7-16(2)13-19/h6-13,17H,5,14-15H2,1-4H3,(H,23,26). The highest BCUT2D eigenvalue weighted by molar-refractivity contribution is 5.88. The molecule has 0 bridgehead atoms. The first-order valence-electron chi connectivity index (χ1n) is 9.20. The lowest BCUT2D eigenvalue weighted by atomic mass is 10.1. The summed E-state index contributed by atoms with van der Waals surface area (Å²) in [5.41, 5.74) is 3.01. The Kier molecular flexibility index (Phi) is 7.41. The molecule has 0 aliphatic rings. The molecule has 0 aliphatic heterocycles. The van der Waals surface area contributed by atoms with E-state index in [2.05, 4.69) is 5.32 Å². The van der Waals surface area contributed by atoms with E-state index >= 15 is 0 Å². The second kappa shape index (κ2) is 9.76. The van der Waals surface area contributed by atoms with Crippen molar-refractivity contribution in [2.45, 2.75) is 39.8 Å². The van der Waals surface area contributed by atoms with Crippen LogP contribution in [-0.4, -0.2) is 36.4 Å². The van der Waals surface area contributed by atoms with Gasteiger partial charge in [-0.05, 0) is 44.0 Å². The molecule has 27 heavy (non-hydrogen) atoms. The van der Waals surface area contributed by atoms with Gasteiger partial charge < -0.3 is 15.0 Å². The van der Waals surface area contributed by atoms with Gasteiger partial charge in [0.2, 0.25) is 11.8 Å². The second-order valence-corrected chi connectivity index (χ2v) is 6.61. The van der Waals surface area contributed by atoms with Crippen LogP contribution in [0.3, 0.4) is 0 Å². The van der Waals surface area contributed by atoms with E-state index in [1.165, 1.54) is 0 Å². The van der Waals surface area contributed by atoms with Crippen molar-refractivity contribution in [1.29, 1.82) is 0 Å². The highest BCUT2D eigenvalue weighted by Crippen LogP contribution is 2.16. The number of methoxy groups -OCH3 is 1. The van der Waals surface area contributed by atoms with Crippen LogP contribution in [0.15, 0.2) is 48.5 Å². The molecule has 1 N–H and O–H groups in total. The van der Waals surface area contributed by atoms with Gasteiger partial charge in [0, 0.05) is 13.1 Å². The Bertz CT molecular complexity index is 771. The molecule has 2 aromatic carbocycles. The molecule has 0 heterocycles. The number of likely N-dealkylation sites (N-methyl/N-ethyl adjacent to an activating group) is 1. The summed E-state index contributed by atoms with van der Waals surface area (Å²) in [6, 6.07) is 14.9. The molecule has 0 saturated carbocycles. The van der Waals surface area contributed by atoms with Gasteiger partial charge in [-0.2, -0.15) is 0 Å². The number of benzene rings is 2. The topological polar surface area (TPSA) is 58.6 Å². The zero-order chi connectivity index (χ0) is 19.8. The molecule has 1 atom stereocenters. The fourth-order valence-electron chi connectivity index (χ4n) is 2.93. The van der Waals surface area contributed by atoms with E-state index in [1.54, 1.807) is 18.9 Å². The van der Waals surface area contributed by atoms with Gasteiger partial charge in [-0.25, -0.2) is 0 Å². The summed E-state index contributed by atoms with van der Waals surface area (Å²) in [6.07, 6.45) is 0.265. The van der Waals surface area contributed by atoms with Crippen LogP contribution >= 0.6 is 0 Å². The van der Waals surface area contributed by atoms with Crippen molar-refractivity contribution in [2.24, 2.45) is 0 Å². The first-order valence-corrected chi connectivity index (χ1v) is 9.20. The second-order valence-electron chi connectivity index (χ2n) is 6.61. The fraction of sp³-hybridized carbons (Fsp3) is 0.364. The van der Waals surface area contributed by atoms with Crippen LogP contribution in [0.25, 0.3) is 0 Å². The third-order valence-electron chi connectivity index (χ3n) is 4.47. The Morgan fingerprint density at radius 3 is 2.41 bits per heavy atom. The summed E-state index contributed by atoms with van der Waals surface area (Å²) >= 11 is 0. The minimum atomic E-state index is -0.552. The van der Waals surface area contributed by atoms with Crippen LogP contribution < -0.4 is 10.1 Å². The van der Waals surface area contributed by atoms with E-state index in [0.29, 0.717) is 13.1 Å². The Labute approximate surface area is 161 Å². The molecule has 2 amide bonds. The van der Waals surface area contributed by atoms with Crippen molar-refractivity contribution in [3.63, 3.8) is 0 Å². The van der Waals surface area contributed by atoms with Crippen LogP contribution in [0.4, 0.5) is 0 Å². The molecule has 0 fully saturated rings. The highest BCUT2D eigenvalue weighted by Gasteiger charge is 2.25. The predicted molar refractivity (Wildman–Crippen MR) is 107 cm³/mol. The minimum Gasteiger partial charge on any atom is -0.497 e. The summed E-state index contributed by atoms with van der Waals surface area (Å²) in [7, 11) is 1.61. The van der Waals surface area contributed by atoms with E-state index < -0.39 is 6.04 Å². The van der Waals surface area contributed by atoms with Gasteiger partial charge >= 0.3 is 0 Å². The van der Waals surface area contributed by atoms with Gasteiger partial charge in [-0.15, -0.1) is 0 Å². The minimum absolute atomic E-state index is 0.0739. The maximum atomic E-state index is 13.0. The molecule has 0 spiro atoms. The van der Waals surface area contributed by atoms with Crippen LogP contribution in [0.1, 0.15) is 30.5 Å². The number of rotatable bonds is 8. The van der Waals surface area contributed by atoms with Crippen LogP contribution in [0, 0.1) is 6.92 Å². The Morgan fingerprint density at radius 2 is 1.81 bits per heavy atom. The number of ether oxygens (including phenoxy) is 1. The third-order valence-corrected chi connectivity index (χ3v) is 4.47. The molecule has 0 aliphatic carbocycles. The smallest absolute Gasteiger partial charge is 0.242 e. The molecule has 0 saturated heterocycles. The SMILES string of the molecule is CCNC(=O)C(C)N(Cc1ccc(OC)cc1)C(=O)Cc1cccc(C)c1. The maximum Gasteiger partial charge on any atom is 0.242 e. The number of nitrogens with zero attached hydrogens (tertiary/aromatic N) is 1. The first-order chi connectivity index (χ1) is 12.9. The molecular weight excluding hydrogens is 340 g/mol. The van der Waals surface area contributed by atoms with E-state index in [1.807, 2.05) is 62.4 Å². The number of carbonyl (C=O) groups excluding carboxylic acids is 2. The van der Waals surface area contributed by atoms with E-state index in [0.717, 1.165) is 22.4 Å². The normalized spacial score (nSPS) is 11.6. The quantitative estimate of drug-likeness (QED) is 0.779. The summed E-state index contributed by atoms with van der Waals surface area (Å²) < 4.78 is 5.18. The van der Waals surface area contributed by atoms with Crippen LogP contribution in [0.2, 0.25) is 0 Å². The first kappa shape index (κ1) is 20.5. The zero-order valence-electron chi connectivity index (χ0n) is 16.5. The maximum absolute atomic E-state index is 13.0. The zero-order valence-corrected chi connectivity index (χ0v) is 16.5. The Hall–Kier alpha value is -2.82. The summed E-state index contributed by atoms with van der Waals surface area (Å²) in [6.45, 7) is 6.54. The van der Waals surface area contributed by atoms with Crippen LogP contribution in [-0.2, 0) is 22.6 Å². The van der Waals surface area contributed by atoms with Crippen molar-refractivity contribution in [2.75, 3.05) is 13.7 Å². The highest BCUT2D eigenvalue weighted by atomic mass is 16.5. The van der Waals surface area contributed by atoms with Crippen molar-refractivity contribution in [3.8, 4) is 5.75 Å². The van der Waals surface area contributed by atoms with Gasteiger partial charge in [0.1, 0.15) is 11.8 Å². The molecule has 2 aromatic rings. The van der Waals surface area contributed by atoms with Gasteiger partial charge in [0.25, 0.3) is 0 Å². The van der Waals surface area contributed by atoms with Gasteiger partial charge in [-0.1, -0.05) is 42.0 Å². The number of amides is 2. The molecule has 1 unspecified atom stereocenters. The Balaban J connectivity index is 2.21. The van der Waals surface area contributed by atoms with Crippen LogP contribution in [0.5, 0.6) is 5.75 Å². The number of carbonyl (C=O) groups is 2. The van der Waals surface area contributed by atoms with Crippen molar-refractivity contribution < 1.29 is 14.3 Å². The van der Waals surface area contributed by atoms with Crippen molar-refractivity contribution in [3.05, 3.63) is 65.2 Å². The molecular formula is C22H28N2O3. The van der Waals surface area contributed by atoms with Crippen molar-refractivity contribution >= 4 is 11.8 Å². The largest absolute Gasteiger partial charge is 0.497 e. The average Bonchev–Trinajstić information content (AvgIpc) is 2.66. The number of hydrogen-bond acceptors (Lipinski definition) is 3. The van der Waals surface area contributed by atoms with E-state index in [4.69, 9.17) is 4.74 Å². The summed E-state index contributed by atoms with van der Waals surface area (Å²) in [5, 5.41) is 2.80. The van der Waals surface area contributed by atoms with Gasteiger partial charge in [-0.3, -0.25) is 9.59 Å². The monoisotopic (exact) mass is 368 g/mol.